The van der Waals surface area contributed by atoms with Gasteiger partial charge in [0.25, 0.3) is 0 Å². The highest BCUT2D eigenvalue weighted by Gasteiger charge is 2.43. The van der Waals surface area contributed by atoms with Crippen LogP contribution in [0.2, 0.25) is 0 Å². The van der Waals surface area contributed by atoms with Gasteiger partial charge in [0.2, 0.25) is 0 Å². The van der Waals surface area contributed by atoms with E-state index in [0.29, 0.717) is 23.3 Å². The molecule has 0 fully saturated rings. The molecule has 0 aliphatic carbocycles. The van der Waals surface area contributed by atoms with Crippen LogP contribution in [0.25, 0.3) is 22.2 Å². The molecular formula is C27H26F2N4O4. The van der Waals surface area contributed by atoms with Crippen molar-refractivity contribution in [2.24, 2.45) is 0 Å². The number of anilines is 1. The van der Waals surface area contributed by atoms with Gasteiger partial charge in [-0.2, -0.15) is 5.10 Å². The van der Waals surface area contributed by atoms with E-state index in [0.717, 1.165) is 22.4 Å². The molecule has 1 aliphatic rings. The number of ether oxygens (including phenoxy) is 3. The van der Waals surface area contributed by atoms with Crippen molar-refractivity contribution in [3.05, 3.63) is 65.4 Å². The molecule has 0 saturated heterocycles. The highest BCUT2D eigenvalue weighted by molar-refractivity contribution is 6.02. The zero-order chi connectivity index (χ0) is 26.4. The molecule has 1 aliphatic heterocycles. The van der Waals surface area contributed by atoms with E-state index >= 15 is 0 Å². The lowest BCUT2D eigenvalue weighted by Gasteiger charge is -2.26. The Morgan fingerprint density at radius 2 is 1.89 bits per heavy atom. The van der Waals surface area contributed by atoms with Crippen molar-refractivity contribution < 1.29 is 27.8 Å². The predicted molar refractivity (Wildman–Crippen MR) is 134 cm³/mol. The first-order chi connectivity index (χ1) is 17.6. The zero-order valence-electron chi connectivity index (χ0n) is 20.8. The summed E-state index contributed by atoms with van der Waals surface area (Å²) >= 11 is 0. The quantitative estimate of drug-likeness (QED) is 0.304. The largest absolute Gasteiger partial charge is 0.586 e. The number of aromatic nitrogens is 3. The normalized spacial score (nSPS) is 14.1. The van der Waals surface area contributed by atoms with Gasteiger partial charge in [0.05, 0.1) is 17.8 Å². The average molecular weight is 509 g/mol. The minimum absolute atomic E-state index is 0.0194. The number of hydrogen-bond donors (Lipinski definition) is 2. The number of halogens is 2. The molecule has 0 spiro atoms. The molecule has 2 aromatic carbocycles. The molecule has 3 heterocycles. The maximum atomic E-state index is 13.4. The number of carbonyl (C=O) groups is 1. The van der Waals surface area contributed by atoms with Gasteiger partial charge in [0.1, 0.15) is 5.82 Å². The first kappa shape index (κ1) is 24.5. The molecule has 0 saturated carbocycles. The van der Waals surface area contributed by atoms with E-state index in [2.05, 4.69) is 25.0 Å². The van der Waals surface area contributed by atoms with Gasteiger partial charge < -0.3 is 19.5 Å². The molecule has 2 aromatic heterocycles. The van der Waals surface area contributed by atoms with Gasteiger partial charge in [-0.05, 0) is 55.3 Å². The van der Waals surface area contributed by atoms with Crippen LogP contribution >= 0.6 is 0 Å². The molecule has 10 heteroatoms. The van der Waals surface area contributed by atoms with Crippen molar-refractivity contribution >= 4 is 22.7 Å². The molecule has 37 heavy (non-hydrogen) atoms. The number of fused-ring (bicyclic) bond motifs is 2. The minimum atomic E-state index is -3.65. The molecule has 0 unspecified atom stereocenters. The third-order valence-electron chi connectivity index (χ3n) is 6.30. The van der Waals surface area contributed by atoms with Gasteiger partial charge in [-0.15, -0.1) is 8.78 Å². The Balaban J connectivity index is 1.35. The van der Waals surface area contributed by atoms with Crippen LogP contribution in [0.1, 0.15) is 42.4 Å². The van der Waals surface area contributed by atoms with Crippen molar-refractivity contribution in [3.63, 3.8) is 0 Å². The molecular weight excluding hydrogens is 482 g/mol. The fourth-order valence-corrected chi connectivity index (χ4v) is 4.22. The van der Waals surface area contributed by atoms with Crippen LogP contribution in [0.3, 0.4) is 0 Å². The van der Waals surface area contributed by atoms with Gasteiger partial charge in [-0.3, -0.25) is 5.10 Å². The first-order valence-corrected chi connectivity index (χ1v) is 11.8. The summed E-state index contributed by atoms with van der Waals surface area (Å²) in [5, 5.41) is 11.1. The van der Waals surface area contributed by atoms with E-state index in [1.54, 1.807) is 19.1 Å². The average Bonchev–Trinajstić information content (AvgIpc) is 3.41. The van der Waals surface area contributed by atoms with E-state index < -0.39 is 17.7 Å². The van der Waals surface area contributed by atoms with Crippen molar-refractivity contribution in [2.45, 2.75) is 39.4 Å². The second kappa shape index (κ2) is 9.02. The van der Waals surface area contributed by atoms with Gasteiger partial charge >= 0.3 is 12.3 Å². The fraction of sp³-hybridized carbons (Fsp3) is 0.296. The maximum absolute atomic E-state index is 13.4. The van der Waals surface area contributed by atoms with Crippen molar-refractivity contribution in [1.29, 1.82) is 0 Å². The Morgan fingerprint density at radius 3 is 2.68 bits per heavy atom. The zero-order valence-corrected chi connectivity index (χ0v) is 20.8. The van der Waals surface area contributed by atoms with Crippen LogP contribution in [0.15, 0.2) is 48.5 Å². The predicted octanol–water partition coefficient (Wildman–Crippen LogP) is 5.82. The number of nitrogens with zero attached hydrogens (tertiary/aromatic N) is 2. The number of carbonyl (C=O) groups excluding carboxylic acids is 1. The van der Waals surface area contributed by atoms with Gasteiger partial charge in [0.15, 0.2) is 17.2 Å². The number of aromatic amines is 1. The molecule has 8 nitrogen and oxygen atoms in total. The smallest absolute Gasteiger partial charge is 0.461 e. The number of nitrogens with one attached hydrogen (secondary N) is 2. The van der Waals surface area contributed by atoms with E-state index in [1.165, 1.54) is 6.07 Å². The topological polar surface area (TPSA) is 98.4 Å². The highest BCUT2D eigenvalue weighted by atomic mass is 19.3. The Kier molecular flexibility index (Phi) is 5.97. The minimum Gasteiger partial charge on any atom is -0.461 e. The van der Waals surface area contributed by atoms with Gasteiger partial charge in [0, 0.05) is 22.9 Å². The summed E-state index contributed by atoms with van der Waals surface area (Å²) in [6.45, 7) is 8.48. The lowest BCUT2D eigenvalue weighted by molar-refractivity contribution is -0.286. The summed E-state index contributed by atoms with van der Waals surface area (Å²) in [6.07, 6.45) is -3.65. The number of esters is 1. The number of rotatable bonds is 7. The van der Waals surface area contributed by atoms with Crippen LogP contribution in [-0.4, -0.2) is 40.6 Å². The molecule has 192 valence electrons. The Hall–Kier alpha value is -4.21. The summed E-state index contributed by atoms with van der Waals surface area (Å²) in [5.41, 5.74) is 3.96. The van der Waals surface area contributed by atoms with Gasteiger partial charge in [-0.25, -0.2) is 9.78 Å². The second-order valence-electron chi connectivity index (χ2n) is 9.48. The van der Waals surface area contributed by atoms with E-state index in [9.17, 15) is 13.6 Å². The molecule has 5 rings (SSSR count). The summed E-state index contributed by atoms with van der Waals surface area (Å²) in [7, 11) is 0. The van der Waals surface area contributed by atoms with Crippen molar-refractivity contribution in [1.82, 2.24) is 15.2 Å². The second-order valence-corrected chi connectivity index (χ2v) is 9.48. The Bertz CT molecular complexity index is 1500. The van der Waals surface area contributed by atoms with Gasteiger partial charge in [-0.1, -0.05) is 32.0 Å². The van der Waals surface area contributed by atoms with Crippen molar-refractivity contribution in [3.8, 4) is 22.8 Å². The highest BCUT2D eigenvalue weighted by Crippen LogP contribution is 2.43. The van der Waals surface area contributed by atoms with Crippen LogP contribution in [0.4, 0.5) is 14.6 Å². The van der Waals surface area contributed by atoms with Crippen LogP contribution in [-0.2, 0) is 10.2 Å². The Labute approximate surface area is 212 Å². The number of pyridine rings is 1. The lowest BCUT2D eigenvalue weighted by Crippen LogP contribution is -2.28. The van der Waals surface area contributed by atoms with Crippen LogP contribution in [0.5, 0.6) is 11.5 Å². The monoisotopic (exact) mass is 508 g/mol. The number of hydrogen-bond acceptors (Lipinski definition) is 7. The lowest BCUT2D eigenvalue weighted by atomic mass is 9.84. The molecule has 0 radical (unpaired) electrons. The standard InChI is InChI=1S/C27H26F2N4O4/c1-5-35-25(34)24-18-9-7-16(12-19(18)32-33-24)23-15(2)6-11-22(31-23)30-14-26(3,4)17-8-10-20-21(13-17)37-27(28,29)36-20/h6-13H,5,14H2,1-4H3,(H,30,31)(H,32,33). The van der Waals surface area contributed by atoms with E-state index in [4.69, 9.17) is 9.72 Å². The molecule has 2 N–H and O–H groups in total. The molecule has 4 aromatic rings. The van der Waals surface area contributed by atoms with Crippen LogP contribution < -0.4 is 14.8 Å². The number of aryl methyl sites for hydroxylation is 1. The number of alkyl halides is 2. The summed E-state index contributed by atoms with van der Waals surface area (Å²) in [6, 6.07) is 14.3. The Morgan fingerprint density at radius 1 is 1.11 bits per heavy atom. The van der Waals surface area contributed by atoms with Crippen LogP contribution in [0, 0.1) is 6.92 Å². The van der Waals surface area contributed by atoms with Crippen molar-refractivity contribution in [2.75, 3.05) is 18.5 Å². The molecule has 0 atom stereocenters. The summed E-state index contributed by atoms with van der Waals surface area (Å²) < 4.78 is 41.0. The van der Waals surface area contributed by atoms with E-state index in [1.807, 2.05) is 51.1 Å². The number of H-pyrrole nitrogens is 1. The SMILES string of the molecule is CCOC(=O)c1n[nH]c2cc(-c3nc(NCC(C)(C)c4ccc5c(c4)OC(F)(F)O5)ccc3C)ccc12. The summed E-state index contributed by atoms with van der Waals surface area (Å²) in [5.74, 6) is 0.233. The maximum Gasteiger partial charge on any atom is 0.586 e. The molecule has 0 amide bonds. The summed E-state index contributed by atoms with van der Waals surface area (Å²) in [4.78, 5) is 17.0. The van der Waals surface area contributed by atoms with E-state index in [-0.39, 0.29) is 23.8 Å². The third kappa shape index (κ3) is 4.78. The fourth-order valence-electron chi connectivity index (χ4n) is 4.22. The third-order valence-corrected chi connectivity index (χ3v) is 6.30. The number of benzene rings is 2. The first-order valence-electron chi connectivity index (χ1n) is 11.8. The molecule has 0 bridgehead atoms.